The van der Waals surface area contributed by atoms with E-state index in [4.69, 9.17) is 35.0 Å². The first-order valence-corrected chi connectivity index (χ1v) is 15.4. The second kappa shape index (κ2) is 9.38. The van der Waals surface area contributed by atoms with Gasteiger partial charge in [0, 0.05) is 34.1 Å². The lowest BCUT2D eigenvalue weighted by Crippen LogP contribution is -2.41. The van der Waals surface area contributed by atoms with Gasteiger partial charge in [-0.1, -0.05) is 41.9 Å². The van der Waals surface area contributed by atoms with Crippen molar-refractivity contribution in [1.29, 1.82) is 0 Å². The molecule has 0 aliphatic carbocycles. The van der Waals surface area contributed by atoms with Gasteiger partial charge in [0.05, 0.1) is 28.1 Å². The molecule has 6 nitrogen and oxygen atoms in total. The first-order valence-electron chi connectivity index (χ1n) is 15.0. The highest BCUT2D eigenvalue weighted by molar-refractivity contribution is 6.62. The first-order chi connectivity index (χ1) is 20.1. The van der Waals surface area contributed by atoms with Crippen LogP contribution in [0.4, 0.5) is 0 Å². The largest absolute Gasteiger partial charge is 0.494 e. The van der Waals surface area contributed by atoms with Crippen LogP contribution in [-0.4, -0.2) is 41.2 Å². The molecule has 3 aliphatic heterocycles. The summed E-state index contributed by atoms with van der Waals surface area (Å²) in [6.45, 7) is 16.6. The number of hydrogen-bond acceptors (Lipinski definition) is 5. The zero-order chi connectivity index (χ0) is 30.7. The van der Waals surface area contributed by atoms with Crippen molar-refractivity contribution < 1.29 is 23.4 Å². The molecule has 222 valence electrons. The van der Waals surface area contributed by atoms with Crippen LogP contribution in [0.5, 0.6) is 5.75 Å². The van der Waals surface area contributed by atoms with E-state index in [1.807, 2.05) is 24.3 Å². The summed E-state index contributed by atoms with van der Waals surface area (Å²) in [5.41, 5.74) is 5.57. The molecule has 0 amide bonds. The van der Waals surface area contributed by atoms with Crippen molar-refractivity contribution in [2.24, 2.45) is 7.05 Å². The minimum atomic E-state index is -0.482. The van der Waals surface area contributed by atoms with Gasteiger partial charge < -0.3 is 27.9 Å². The summed E-state index contributed by atoms with van der Waals surface area (Å²) < 4.78 is 34.8. The van der Waals surface area contributed by atoms with Gasteiger partial charge in [0.25, 0.3) is 0 Å². The average Bonchev–Trinajstić information content (AvgIpc) is 3.44. The Morgan fingerprint density at radius 1 is 0.674 bits per heavy atom. The number of aromatic nitrogens is 1. The predicted molar refractivity (Wildman–Crippen MR) is 174 cm³/mol. The van der Waals surface area contributed by atoms with Crippen LogP contribution in [-0.2, 0) is 25.7 Å². The number of halogens is 1. The van der Waals surface area contributed by atoms with E-state index < -0.39 is 36.6 Å². The van der Waals surface area contributed by atoms with Gasteiger partial charge in [-0.25, -0.2) is 0 Å². The van der Waals surface area contributed by atoms with Gasteiger partial charge in [0.1, 0.15) is 5.75 Å². The van der Waals surface area contributed by atoms with Gasteiger partial charge in [-0.15, -0.1) is 0 Å². The highest BCUT2D eigenvalue weighted by Gasteiger charge is 2.53. The Morgan fingerprint density at radius 3 is 1.74 bits per heavy atom. The number of rotatable bonds is 3. The molecule has 3 aliphatic rings. The van der Waals surface area contributed by atoms with Crippen molar-refractivity contribution >= 4 is 47.7 Å². The van der Waals surface area contributed by atoms with E-state index in [-0.39, 0.29) is 6.10 Å². The lowest BCUT2D eigenvalue weighted by molar-refractivity contribution is 0.00578. The molecule has 43 heavy (non-hydrogen) atoms. The van der Waals surface area contributed by atoms with Gasteiger partial charge in [-0.3, -0.25) is 0 Å². The van der Waals surface area contributed by atoms with Gasteiger partial charge in [0.15, 0.2) is 6.10 Å². The van der Waals surface area contributed by atoms with Gasteiger partial charge in [-0.05, 0) is 102 Å². The summed E-state index contributed by atoms with van der Waals surface area (Å²) in [5, 5.41) is 1.79. The molecule has 0 saturated carbocycles. The number of aryl methyl sites for hydroxylation is 1. The van der Waals surface area contributed by atoms with Crippen molar-refractivity contribution in [3.8, 4) is 17.0 Å². The second-order valence-electron chi connectivity index (χ2n) is 14.1. The van der Waals surface area contributed by atoms with E-state index in [2.05, 4.69) is 103 Å². The van der Waals surface area contributed by atoms with Crippen LogP contribution in [0.3, 0.4) is 0 Å². The van der Waals surface area contributed by atoms with Crippen molar-refractivity contribution in [3.05, 3.63) is 76.8 Å². The predicted octanol–water partition coefficient (Wildman–Crippen LogP) is 6.58. The smallest absolute Gasteiger partial charge is 0.480 e. The molecular formula is C34H38B2ClNO5. The maximum atomic E-state index is 6.91. The van der Waals surface area contributed by atoms with Crippen LogP contribution >= 0.6 is 11.6 Å². The van der Waals surface area contributed by atoms with Crippen LogP contribution in [0.25, 0.3) is 22.2 Å². The fraction of sp³-hybridized carbons (Fsp3) is 0.412. The van der Waals surface area contributed by atoms with Crippen LogP contribution in [0, 0.1) is 0 Å². The molecule has 4 aromatic rings. The molecule has 7 rings (SSSR count). The Labute approximate surface area is 259 Å². The fourth-order valence-electron chi connectivity index (χ4n) is 6.22. The van der Waals surface area contributed by atoms with E-state index in [0.717, 1.165) is 50.0 Å². The Kier molecular flexibility index (Phi) is 6.33. The second-order valence-corrected chi connectivity index (χ2v) is 14.5. The summed E-state index contributed by atoms with van der Waals surface area (Å²) in [6.07, 6.45) is -0.356. The topological polar surface area (TPSA) is 51.1 Å². The zero-order valence-corrected chi connectivity index (χ0v) is 27.1. The highest BCUT2D eigenvalue weighted by atomic mass is 35.5. The number of ether oxygens (including phenoxy) is 1. The highest BCUT2D eigenvalue weighted by Crippen LogP contribution is 2.49. The Morgan fingerprint density at radius 2 is 1.19 bits per heavy atom. The van der Waals surface area contributed by atoms with Crippen LogP contribution in [0.1, 0.15) is 72.6 Å². The standard InChI is InChI=1S/C34H38B2ClNO5/c1-31(2)32(3,4)41-35(40-31)21-13-17-26-25(18-21)28-29(38(26)9)24-16-12-22(36-42-33(5,6)34(7,8)43-36)19-27(24)39-30(28)20-10-14-23(37)15-11-20/h10-19,30H,1-9H3. The molecule has 1 unspecified atom stereocenters. The van der Waals surface area contributed by atoms with E-state index in [1.54, 1.807) is 0 Å². The molecule has 2 saturated heterocycles. The molecule has 3 aromatic carbocycles. The number of nitrogens with zero attached hydrogens (tertiary/aromatic N) is 1. The maximum Gasteiger partial charge on any atom is 0.494 e. The van der Waals surface area contributed by atoms with E-state index in [0.29, 0.717) is 5.02 Å². The Hall–Kier alpha value is -2.74. The lowest BCUT2D eigenvalue weighted by Gasteiger charge is -2.32. The third-order valence-corrected chi connectivity index (χ3v) is 10.5. The number of benzene rings is 3. The zero-order valence-electron chi connectivity index (χ0n) is 26.4. The monoisotopic (exact) mass is 597 g/mol. The molecule has 0 bridgehead atoms. The molecule has 0 radical (unpaired) electrons. The van der Waals surface area contributed by atoms with Gasteiger partial charge in [-0.2, -0.15) is 0 Å². The van der Waals surface area contributed by atoms with E-state index in [1.165, 1.54) is 0 Å². The summed E-state index contributed by atoms with van der Waals surface area (Å²) >= 11 is 6.31. The fourth-order valence-corrected chi connectivity index (χ4v) is 6.35. The Balaban J connectivity index is 1.38. The SMILES string of the molecule is Cn1c2c(c3cc(B4OC(C)(C)C(C)(C)O4)ccc31)C(c1ccc(Cl)cc1)Oc1cc(B3OC(C)(C)C(C)(C)O3)ccc1-2. The lowest BCUT2D eigenvalue weighted by atomic mass is 9.77. The van der Waals surface area contributed by atoms with Gasteiger partial charge in [0.2, 0.25) is 0 Å². The van der Waals surface area contributed by atoms with Crippen LogP contribution in [0.2, 0.25) is 5.02 Å². The third kappa shape index (κ3) is 4.40. The normalized spacial score (nSPS) is 22.9. The summed E-state index contributed by atoms with van der Waals surface area (Å²) in [7, 11) is 1.17. The minimum Gasteiger partial charge on any atom is -0.480 e. The van der Waals surface area contributed by atoms with Crippen molar-refractivity contribution in [1.82, 2.24) is 4.57 Å². The van der Waals surface area contributed by atoms with E-state index >= 15 is 0 Å². The number of fused-ring (bicyclic) bond motifs is 5. The van der Waals surface area contributed by atoms with Crippen molar-refractivity contribution in [3.63, 3.8) is 0 Å². The maximum absolute atomic E-state index is 6.91. The van der Waals surface area contributed by atoms with Gasteiger partial charge >= 0.3 is 14.2 Å². The summed E-state index contributed by atoms with van der Waals surface area (Å²) in [5.74, 6) is 0.789. The number of hydrogen-bond donors (Lipinski definition) is 0. The quantitative estimate of drug-likeness (QED) is 0.250. The molecule has 1 atom stereocenters. The molecule has 0 N–H and O–H groups in total. The summed E-state index contributed by atoms with van der Waals surface area (Å²) in [6, 6.07) is 20.7. The molecule has 9 heteroatoms. The van der Waals surface area contributed by atoms with Crippen molar-refractivity contribution in [2.45, 2.75) is 83.9 Å². The summed E-state index contributed by atoms with van der Waals surface area (Å²) in [4.78, 5) is 0. The Bertz CT molecular complexity index is 1730. The molecule has 4 heterocycles. The van der Waals surface area contributed by atoms with E-state index in [9.17, 15) is 0 Å². The third-order valence-electron chi connectivity index (χ3n) is 10.3. The average molecular weight is 598 g/mol. The molecule has 0 spiro atoms. The van der Waals surface area contributed by atoms with Crippen LogP contribution < -0.4 is 15.7 Å². The molecular weight excluding hydrogens is 559 g/mol. The minimum absolute atomic E-state index is 0.356. The molecule has 1 aromatic heterocycles. The van der Waals surface area contributed by atoms with Crippen LogP contribution in [0.15, 0.2) is 60.7 Å². The molecule has 2 fully saturated rings. The van der Waals surface area contributed by atoms with Crippen molar-refractivity contribution in [2.75, 3.05) is 0 Å². The first kappa shape index (κ1) is 29.0.